The van der Waals surface area contributed by atoms with Crippen LogP contribution in [0.5, 0.6) is 0 Å². The fourth-order valence-corrected chi connectivity index (χ4v) is 1.35. The van der Waals surface area contributed by atoms with E-state index in [4.69, 9.17) is 10.2 Å². The van der Waals surface area contributed by atoms with Gasteiger partial charge in [-0.3, -0.25) is 0 Å². The Morgan fingerprint density at radius 1 is 1.00 bits per heavy atom. The van der Waals surface area contributed by atoms with Gasteiger partial charge in [0, 0.05) is 13.2 Å². The Kier molecular flexibility index (Phi) is 2.49. The van der Waals surface area contributed by atoms with Gasteiger partial charge in [-0.15, -0.1) is 0 Å². The molecule has 0 amide bonds. The summed E-state index contributed by atoms with van der Waals surface area (Å²) in [5.41, 5.74) is 0. The monoisotopic (exact) mass is 130 g/mol. The molecule has 2 unspecified atom stereocenters. The van der Waals surface area contributed by atoms with E-state index in [0.717, 1.165) is 24.7 Å². The Labute approximate surface area is 55.5 Å². The summed E-state index contributed by atoms with van der Waals surface area (Å²) in [5, 5.41) is 17.0. The van der Waals surface area contributed by atoms with Gasteiger partial charge in [-0.1, -0.05) is 0 Å². The molecule has 0 spiro atoms. The normalized spacial score (nSPS) is 32.7. The maximum atomic E-state index is 8.50. The molecule has 0 aromatic rings. The van der Waals surface area contributed by atoms with E-state index >= 15 is 0 Å². The zero-order valence-electron chi connectivity index (χ0n) is 5.58. The molecule has 0 bridgehead atoms. The Bertz CT molecular complexity index is 73.0. The van der Waals surface area contributed by atoms with Gasteiger partial charge >= 0.3 is 0 Å². The van der Waals surface area contributed by atoms with Crippen molar-refractivity contribution in [3.63, 3.8) is 0 Å². The van der Waals surface area contributed by atoms with Crippen LogP contribution in [0.2, 0.25) is 0 Å². The third-order valence-corrected chi connectivity index (χ3v) is 2.07. The lowest BCUT2D eigenvalue weighted by atomic mass is 10.2. The maximum absolute atomic E-state index is 8.50. The molecule has 2 atom stereocenters. The molecule has 0 radical (unpaired) electrons. The molecule has 0 aromatic heterocycles. The lowest BCUT2D eigenvalue weighted by molar-refractivity contribution is 0.260. The van der Waals surface area contributed by atoms with E-state index < -0.39 is 0 Å². The molecule has 0 aliphatic heterocycles. The lowest BCUT2D eigenvalue weighted by Crippen LogP contribution is -1.90. The van der Waals surface area contributed by atoms with E-state index in [2.05, 4.69) is 0 Å². The van der Waals surface area contributed by atoms with Gasteiger partial charge in [-0.05, 0) is 31.1 Å². The minimum absolute atomic E-state index is 0.312. The minimum atomic E-state index is 0.312. The first kappa shape index (κ1) is 7.03. The van der Waals surface area contributed by atoms with Crippen LogP contribution in [0.4, 0.5) is 0 Å². The average molecular weight is 130 g/mol. The van der Waals surface area contributed by atoms with E-state index in [0.29, 0.717) is 13.2 Å². The van der Waals surface area contributed by atoms with Crippen molar-refractivity contribution in [2.75, 3.05) is 13.2 Å². The highest BCUT2D eigenvalue weighted by molar-refractivity contribution is 4.85. The number of hydrogen-bond acceptors (Lipinski definition) is 2. The molecule has 1 saturated carbocycles. The summed E-state index contributed by atoms with van der Waals surface area (Å²) in [7, 11) is 0. The smallest absolute Gasteiger partial charge is 0.0433 e. The second kappa shape index (κ2) is 3.18. The molecule has 0 saturated heterocycles. The van der Waals surface area contributed by atoms with E-state index in [-0.39, 0.29) is 0 Å². The van der Waals surface area contributed by atoms with Crippen molar-refractivity contribution in [3.8, 4) is 0 Å². The summed E-state index contributed by atoms with van der Waals surface area (Å²) in [6.07, 6.45) is 3.09. The number of aliphatic hydroxyl groups is 2. The van der Waals surface area contributed by atoms with Crippen LogP contribution in [0.15, 0.2) is 0 Å². The highest BCUT2D eigenvalue weighted by atomic mass is 16.3. The van der Waals surface area contributed by atoms with Crippen molar-refractivity contribution in [1.82, 2.24) is 0 Å². The SMILES string of the molecule is OCCC1CC1CCO. The Morgan fingerprint density at radius 2 is 1.44 bits per heavy atom. The highest BCUT2D eigenvalue weighted by Gasteiger charge is 2.34. The van der Waals surface area contributed by atoms with Crippen LogP contribution in [0.3, 0.4) is 0 Å². The molecular formula is C7H14O2. The number of aliphatic hydroxyl groups excluding tert-OH is 2. The van der Waals surface area contributed by atoms with Gasteiger partial charge < -0.3 is 10.2 Å². The maximum Gasteiger partial charge on any atom is 0.0433 e. The summed E-state index contributed by atoms with van der Waals surface area (Å²) in [5.74, 6) is 1.45. The fraction of sp³-hybridized carbons (Fsp3) is 1.00. The Hall–Kier alpha value is -0.0800. The molecule has 1 fully saturated rings. The third kappa shape index (κ3) is 1.95. The van der Waals surface area contributed by atoms with Gasteiger partial charge in [0.2, 0.25) is 0 Å². The summed E-state index contributed by atoms with van der Waals surface area (Å²) in [4.78, 5) is 0. The van der Waals surface area contributed by atoms with E-state index in [9.17, 15) is 0 Å². The lowest BCUT2D eigenvalue weighted by Gasteiger charge is -1.92. The molecule has 1 aliphatic rings. The first-order chi connectivity index (χ1) is 4.38. The quantitative estimate of drug-likeness (QED) is 0.578. The number of rotatable bonds is 4. The van der Waals surface area contributed by atoms with Crippen molar-refractivity contribution < 1.29 is 10.2 Å². The zero-order chi connectivity index (χ0) is 6.69. The summed E-state index contributed by atoms with van der Waals surface area (Å²) in [6, 6.07) is 0. The molecule has 2 heteroatoms. The largest absolute Gasteiger partial charge is 0.396 e. The summed E-state index contributed by atoms with van der Waals surface area (Å²) in [6.45, 7) is 0.624. The van der Waals surface area contributed by atoms with Crippen molar-refractivity contribution in [2.45, 2.75) is 19.3 Å². The average Bonchev–Trinajstić information content (AvgIpc) is 2.50. The van der Waals surface area contributed by atoms with Gasteiger partial charge in [-0.2, -0.15) is 0 Å². The van der Waals surface area contributed by atoms with Crippen LogP contribution >= 0.6 is 0 Å². The molecule has 2 nitrogen and oxygen atoms in total. The van der Waals surface area contributed by atoms with Crippen LogP contribution in [0.25, 0.3) is 0 Å². The van der Waals surface area contributed by atoms with Crippen LogP contribution < -0.4 is 0 Å². The molecule has 0 aromatic carbocycles. The van der Waals surface area contributed by atoms with Gasteiger partial charge in [0.1, 0.15) is 0 Å². The standard InChI is InChI=1S/C7H14O2/c8-3-1-6-5-7(6)2-4-9/h6-9H,1-5H2. The first-order valence-electron chi connectivity index (χ1n) is 3.60. The Morgan fingerprint density at radius 3 is 1.78 bits per heavy atom. The van der Waals surface area contributed by atoms with Gasteiger partial charge in [0.25, 0.3) is 0 Å². The topological polar surface area (TPSA) is 40.5 Å². The van der Waals surface area contributed by atoms with E-state index in [1.165, 1.54) is 6.42 Å². The second-order valence-electron chi connectivity index (χ2n) is 2.78. The summed E-state index contributed by atoms with van der Waals surface area (Å²) >= 11 is 0. The molecule has 0 heterocycles. The molecule has 54 valence electrons. The predicted octanol–water partition coefficient (Wildman–Crippen LogP) is 0.387. The highest BCUT2D eigenvalue weighted by Crippen LogP contribution is 2.43. The van der Waals surface area contributed by atoms with Crippen LogP contribution in [0, 0.1) is 11.8 Å². The van der Waals surface area contributed by atoms with E-state index in [1.807, 2.05) is 0 Å². The minimum Gasteiger partial charge on any atom is -0.396 e. The van der Waals surface area contributed by atoms with Crippen LogP contribution in [0.1, 0.15) is 19.3 Å². The molecule has 1 rings (SSSR count). The van der Waals surface area contributed by atoms with Crippen molar-refractivity contribution in [3.05, 3.63) is 0 Å². The summed E-state index contributed by atoms with van der Waals surface area (Å²) < 4.78 is 0. The van der Waals surface area contributed by atoms with Crippen LogP contribution in [-0.4, -0.2) is 23.4 Å². The zero-order valence-corrected chi connectivity index (χ0v) is 5.58. The molecule has 1 aliphatic carbocycles. The molecule has 9 heavy (non-hydrogen) atoms. The van der Waals surface area contributed by atoms with Crippen molar-refractivity contribution in [1.29, 1.82) is 0 Å². The second-order valence-corrected chi connectivity index (χ2v) is 2.78. The molecular weight excluding hydrogens is 116 g/mol. The van der Waals surface area contributed by atoms with E-state index in [1.54, 1.807) is 0 Å². The predicted molar refractivity (Wildman–Crippen MR) is 35.0 cm³/mol. The Balaban J connectivity index is 1.96. The first-order valence-corrected chi connectivity index (χ1v) is 3.60. The fourth-order valence-electron chi connectivity index (χ4n) is 1.35. The molecule has 2 N–H and O–H groups in total. The van der Waals surface area contributed by atoms with Crippen LogP contribution in [-0.2, 0) is 0 Å². The third-order valence-electron chi connectivity index (χ3n) is 2.07. The number of hydrogen-bond donors (Lipinski definition) is 2. The van der Waals surface area contributed by atoms with Crippen molar-refractivity contribution in [2.24, 2.45) is 11.8 Å². The van der Waals surface area contributed by atoms with Crippen molar-refractivity contribution >= 4 is 0 Å². The van der Waals surface area contributed by atoms with Gasteiger partial charge in [-0.25, -0.2) is 0 Å². The van der Waals surface area contributed by atoms with Gasteiger partial charge in [0.05, 0.1) is 0 Å². The van der Waals surface area contributed by atoms with Gasteiger partial charge in [0.15, 0.2) is 0 Å².